The molecule has 110 valence electrons. The van der Waals surface area contributed by atoms with Crippen LogP contribution in [-0.2, 0) is 0 Å². The second-order valence-corrected chi connectivity index (χ2v) is 5.90. The lowest BCUT2D eigenvalue weighted by Gasteiger charge is -2.23. The van der Waals surface area contributed by atoms with Crippen molar-refractivity contribution in [2.75, 3.05) is 18.9 Å². The van der Waals surface area contributed by atoms with Crippen LogP contribution < -0.4 is 11.1 Å². The van der Waals surface area contributed by atoms with Crippen LogP contribution in [0, 0.1) is 5.92 Å². The Morgan fingerprint density at radius 2 is 2.00 bits per heavy atom. The fraction of sp³-hybridized carbons (Fsp3) is 0.562. The molecule has 0 amide bonds. The van der Waals surface area contributed by atoms with Crippen LogP contribution in [0.5, 0.6) is 0 Å². The Labute approximate surface area is 122 Å². The van der Waals surface area contributed by atoms with Crippen LogP contribution >= 0.6 is 0 Å². The number of aliphatic imine (C=N–C) groups is 1. The predicted octanol–water partition coefficient (Wildman–Crippen LogP) is 2.53. The molecule has 3 N–H and O–H groups in total. The van der Waals surface area contributed by atoms with E-state index in [4.69, 9.17) is 5.73 Å². The van der Waals surface area contributed by atoms with Crippen LogP contribution in [0.2, 0.25) is 0 Å². The summed E-state index contributed by atoms with van der Waals surface area (Å²) in [5.74, 6) is 1.16. The van der Waals surface area contributed by atoms with E-state index in [1.807, 2.05) is 25.2 Å². The number of nitrogens with zero attached hydrogens (tertiary/aromatic N) is 2. The van der Waals surface area contributed by atoms with Crippen molar-refractivity contribution in [3.63, 3.8) is 0 Å². The molecule has 0 saturated heterocycles. The molecule has 1 saturated carbocycles. The fourth-order valence-corrected chi connectivity index (χ4v) is 2.12. The van der Waals surface area contributed by atoms with Gasteiger partial charge in [0.1, 0.15) is 0 Å². The molecule has 1 aromatic carbocycles. The maximum atomic E-state index is 6.05. The predicted molar refractivity (Wildman–Crippen MR) is 86.0 cm³/mol. The number of benzene rings is 1. The van der Waals surface area contributed by atoms with Gasteiger partial charge in [-0.3, -0.25) is 4.99 Å². The first kappa shape index (κ1) is 14.7. The molecule has 4 heteroatoms. The molecule has 2 rings (SSSR count). The molecule has 1 fully saturated rings. The minimum absolute atomic E-state index is 0.295. The normalized spacial score (nSPS) is 17.1. The first-order valence-electron chi connectivity index (χ1n) is 7.42. The minimum atomic E-state index is 0.295. The van der Waals surface area contributed by atoms with Gasteiger partial charge < -0.3 is 16.0 Å². The van der Waals surface area contributed by atoms with Gasteiger partial charge in [-0.25, -0.2) is 0 Å². The second kappa shape index (κ2) is 6.64. The lowest BCUT2D eigenvalue weighted by molar-refractivity contribution is 0.479. The van der Waals surface area contributed by atoms with Crippen molar-refractivity contribution < 1.29 is 0 Å². The first-order valence-corrected chi connectivity index (χ1v) is 7.42. The molecule has 0 aromatic heterocycles. The zero-order valence-electron chi connectivity index (χ0n) is 12.7. The molecule has 20 heavy (non-hydrogen) atoms. The second-order valence-electron chi connectivity index (χ2n) is 5.90. The molecular formula is C16H26N4. The topological polar surface area (TPSA) is 53.6 Å². The van der Waals surface area contributed by atoms with Crippen LogP contribution in [0.3, 0.4) is 0 Å². The number of nitrogens with two attached hydrogens (primary N) is 1. The number of para-hydroxylation sites is 1. The first-order chi connectivity index (χ1) is 9.58. The number of nitrogens with one attached hydrogen (secondary N) is 1. The van der Waals surface area contributed by atoms with E-state index in [0.717, 1.165) is 5.69 Å². The molecular weight excluding hydrogens is 248 g/mol. The van der Waals surface area contributed by atoms with Gasteiger partial charge in [-0.15, -0.1) is 0 Å². The van der Waals surface area contributed by atoms with Gasteiger partial charge in [0.25, 0.3) is 0 Å². The Bertz CT molecular complexity index is 437. The van der Waals surface area contributed by atoms with Gasteiger partial charge in [0.15, 0.2) is 5.96 Å². The number of hydrogen-bond acceptors (Lipinski definition) is 2. The summed E-state index contributed by atoms with van der Waals surface area (Å²) in [4.78, 5) is 6.66. The Balaban J connectivity index is 1.93. The molecule has 1 aliphatic rings. The summed E-state index contributed by atoms with van der Waals surface area (Å²) in [5.41, 5.74) is 7.18. The Morgan fingerprint density at radius 3 is 2.55 bits per heavy atom. The van der Waals surface area contributed by atoms with Crippen molar-refractivity contribution in [1.29, 1.82) is 0 Å². The lowest BCUT2D eigenvalue weighted by atomic mass is 10.0. The highest BCUT2D eigenvalue weighted by atomic mass is 15.3. The van der Waals surface area contributed by atoms with E-state index in [9.17, 15) is 0 Å². The molecule has 0 bridgehead atoms. The quantitative estimate of drug-likeness (QED) is 0.619. The van der Waals surface area contributed by atoms with Crippen LogP contribution in [0.4, 0.5) is 5.69 Å². The average Bonchev–Trinajstić information content (AvgIpc) is 3.27. The molecule has 1 aromatic rings. The fourth-order valence-electron chi connectivity index (χ4n) is 2.12. The third-order valence-corrected chi connectivity index (χ3v) is 3.84. The number of hydrogen-bond donors (Lipinski definition) is 2. The molecule has 0 radical (unpaired) electrons. The summed E-state index contributed by atoms with van der Waals surface area (Å²) in [6.07, 6.45) is 2.48. The highest BCUT2D eigenvalue weighted by Gasteiger charge is 2.27. The van der Waals surface area contributed by atoms with Gasteiger partial charge in [-0.2, -0.15) is 0 Å². The Morgan fingerprint density at radius 1 is 1.35 bits per heavy atom. The zero-order valence-corrected chi connectivity index (χ0v) is 12.7. The van der Waals surface area contributed by atoms with Gasteiger partial charge in [-0.05, 0) is 30.9 Å². The van der Waals surface area contributed by atoms with Crippen molar-refractivity contribution in [3.8, 4) is 0 Å². The van der Waals surface area contributed by atoms with Gasteiger partial charge in [0, 0.05) is 24.8 Å². The maximum absolute atomic E-state index is 6.05. The SMILES string of the molecule is CC(C)C(CN=C(N)N(C)C1CC1)Nc1ccccc1. The van der Waals surface area contributed by atoms with Crippen molar-refractivity contribution in [3.05, 3.63) is 30.3 Å². The highest BCUT2D eigenvalue weighted by molar-refractivity contribution is 5.78. The third-order valence-electron chi connectivity index (χ3n) is 3.84. The summed E-state index contributed by atoms with van der Waals surface area (Å²) in [6.45, 7) is 5.11. The largest absolute Gasteiger partial charge is 0.380 e. The van der Waals surface area contributed by atoms with E-state index in [2.05, 4.69) is 41.2 Å². The smallest absolute Gasteiger partial charge is 0.191 e. The van der Waals surface area contributed by atoms with Crippen LogP contribution in [0.1, 0.15) is 26.7 Å². The monoisotopic (exact) mass is 274 g/mol. The zero-order chi connectivity index (χ0) is 14.5. The summed E-state index contributed by atoms with van der Waals surface area (Å²) < 4.78 is 0. The standard InChI is InChI=1S/C16H26N4/c1-12(2)15(19-13-7-5-4-6-8-13)11-18-16(17)20(3)14-9-10-14/h4-8,12,14-15,19H,9-11H2,1-3H3,(H2,17,18). The number of rotatable bonds is 6. The average molecular weight is 274 g/mol. The highest BCUT2D eigenvalue weighted by Crippen LogP contribution is 2.24. The molecule has 1 atom stereocenters. The van der Waals surface area contributed by atoms with Gasteiger partial charge in [-0.1, -0.05) is 32.0 Å². The van der Waals surface area contributed by atoms with Crippen LogP contribution in [0.25, 0.3) is 0 Å². The van der Waals surface area contributed by atoms with Gasteiger partial charge in [0.05, 0.1) is 6.54 Å². The summed E-state index contributed by atoms with van der Waals surface area (Å²) in [7, 11) is 2.03. The van der Waals surface area contributed by atoms with E-state index < -0.39 is 0 Å². The summed E-state index contributed by atoms with van der Waals surface area (Å²) in [6, 6.07) is 11.2. The molecule has 0 heterocycles. The lowest BCUT2D eigenvalue weighted by Crippen LogP contribution is -2.37. The van der Waals surface area contributed by atoms with Crippen molar-refractivity contribution >= 4 is 11.6 Å². The number of guanidine groups is 1. The van der Waals surface area contributed by atoms with Crippen molar-refractivity contribution in [2.45, 2.75) is 38.8 Å². The van der Waals surface area contributed by atoms with Crippen molar-refractivity contribution in [1.82, 2.24) is 4.90 Å². The summed E-state index contributed by atoms with van der Waals surface area (Å²) >= 11 is 0. The molecule has 1 aliphatic carbocycles. The van der Waals surface area contributed by atoms with E-state index >= 15 is 0 Å². The van der Waals surface area contributed by atoms with E-state index in [1.54, 1.807) is 0 Å². The molecule has 4 nitrogen and oxygen atoms in total. The van der Waals surface area contributed by atoms with Crippen molar-refractivity contribution in [2.24, 2.45) is 16.6 Å². The van der Waals surface area contributed by atoms with Crippen LogP contribution in [-0.4, -0.2) is 36.5 Å². The van der Waals surface area contributed by atoms with Gasteiger partial charge in [0.2, 0.25) is 0 Å². The number of anilines is 1. The van der Waals surface area contributed by atoms with Gasteiger partial charge >= 0.3 is 0 Å². The third kappa shape index (κ3) is 4.15. The van der Waals surface area contributed by atoms with E-state index in [-0.39, 0.29) is 0 Å². The maximum Gasteiger partial charge on any atom is 0.191 e. The van der Waals surface area contributed by atoms with Crippen LogP contribution in [0.15, 0.2) is 35.3 Å². The van der Waals surface area contributed by atoms with E-state index in [1.165, 1.54) is 12.8 Å². The Kier molecular flexibility index (Phi) is 4.88. The Hall–Kier alpha value is -1.71. The summed E-state index contributed by atoms with van der Waals surface area (Å²) in [5, 5.41) is 3.54. The molecule has 0 spiro atoms. The molecule has 0 aliphatic heterocycles. The van der Waals surface area contributed by atoms with E-state index in [0.29, 0.717) is 30.5 Å². The minimum Gasteiger partial charge on any atom is -0.380 e. The molecule has 1 unspecified atom stereocenters.